The Morgan fingerprint density at radius 1 is 1.29 bits per heavy atom. The summed E-state index contributed by atoms with van der Waals surface area (Å²) in [5.74, 6) is -0.722. The molecule has 3 N–H and O–H groups in total. The summed E-state index contributed by atoms with van der Waals surface area (Å²) in [6.07, 6.45) is 1.28. The van der Waals surface area contributed by atoms with Crippen molar-refractivity contribution >= 4 is 44.8 Å². The number of rotatable bonds is 4. The number of anilines is 1. The zero-order chi connectivity index (χ0) is 15.8. The van der Waals surface area contributed by atoms with Crippen molar-refractivity contribution in [2.45, 2.75) is 4.90 Å². The molecule has 21 heavy (non-hydrogen) atoms. The summed E-state index contributed by atoms with van der Waals surface area (Å²) in [6, 6.07) is 5.58. The van der Waals surface area contributed by atoms with Gasteiger partial charge in [0.1, 0.15) is 10.6 Å². The Bertz CT molecular complexity index is 815. The fourth-order valence-electron chi connectivity index (χ4n) is 1.71. The van der Waals surface area contributed by atoms with E-state index < -0.39 is 15.9 Å². The number of halogens is 2. The quantitative estimate of drug-likeness (QED) is 0.887. The van der Waals surface area contributed by atoms with Crippen LogP contribution in [0.25, 0.3) is 0 Å². The van der Waals surface area contributed by atoms with E-state index in [1.165, 1.54) is 42.1 Å². The number of amides is 1. The van der Waals surface area contributed by atoms with E-state index in [9.17, 15) is 13.2 Å². The molecule has 6 nitrogen and oxygen atoms in total. The predicted octanol–water partition coefficient (Wildman–Crippen LogP) is 2.23. The lowest BCUT2D eigenvalue weighted by Gasteiger charge is -2.08. The number of nitrogens with zero attached hydrogens (tertiary/aromatic N) is 1. The lowest BCUT2D eigenvalue weighted by atomic mass is 10.3. The van der Waals surface area contributed by atoms with Gasteiger partial charge < -0.3 is 10.3 Å². The molecule has 0 atom stereocenters. The third kappa shape index (κ3) is 3.31. The van der Waals surface area contributed by atoms with Crippen molar-refractivity contribution < 1.29 is 13.2 Å². The zero-order valence-electron chi connectivity index (χ0n) is 10.8. The van der Waals surface area contributed by atoms with E-state index in [1.54, 1.807) is 0 Å². The third-order valence-electron chi connectivity index (χ3n) is 2.72. The summed E-state index contributed by atoms with van der Waals surface area (Å²) >= 11 is 11.7. The molecule has 0 fully saturated rings. The van der Waals surface area contributed by atoms with Gasteiger partial charge in [-0.25, -0.2) is 8.42 Å². The number of primary amides is 1. The van der Waals surface area contributed by atoms with Gasteiger partial charge in [0.25, 0.3) is 15.9 Å². The Labute approximate surface area is 131 Å². The van der Waals surface area contributed by atoms with Gasteiger partial charge in [-0.05, 0) is 24.3 Å². The summed E-state index contributed by atoms with van der Waals surface area (Å²) in [6.45, 7) is 0. The fraction of sp³-hybridized carbons (Fsp3) is 0.0833. The van der Waals surface area contributed by atoms with Crippen molar-refractivity contribution in [3.63, 3.8) is 0 Å². The Morgan fingerprint density at radius 2 is 1.95 bits per heavy atom. The SMILES string of the molecule is Cn1cc(S(=O)(=O)Nc2cc(Cl)ccc2Cl)cc1C(N)=O. The highest BCUT2D eigenvalue weighted by atomic mass is 35.5. The Kier molecular flexibility index (Phi) is 4.18. The third-order valence-corrected chi connectivity index (χ3v) is 4.61. The monoisotopic (exact) mass is 347 g/mol. The van der Waals surface area contributed by atoms with Crippen molar-refractivity contribution in [2.24, 2.45) is 12.8 Å². The Morgan fingerprint density at radius 3 is 2.52 bits per heavy atom. The summed E-state index contributed by atoms with van der Waals surface area (Å²) in [5, 5.41) is 0.539. The molecule has 0 aliphatic heterocycles. The summed E-state index contributed by atoms with van der Waals surface area (Å²) in [5.41, 5.74) is 5.38. The standard InChI is InChI=1S/C12H11Cl2N3O3S/c1-17-6-8(5-11(17)12(15)18)21(19,20)16-10-4-7(13)2-3-9(10)14/h2-6,16H,1H3,(H2,15,18). The first-order valence-corrected chi connectivity index (χ1v) is 7.88. The van der Waals surface area contributed by atoms with Crippen LogP contribution in [0.5, 0.6) is 0 Å². The van der Waals surface area contributed by atoms with Gasteiger partial charge in [-0.15, -0.1) is 0 Å². The average Bonchev–Trinajstić information content (AvgIpc) is 2.77. The summed E-state index contributed by atoms with van der Waals surface area (Å²) < 4.78 is 28.2. The first-order chi connectivity index (χ1) is 9.70. The molecule has 1 amide bonds. The molecule has 0 aliphatic rings. The second kappa shape index (κ2) is 5.59. The molecule has 112 valence electrons. The van der Waals surface area contributed by atoms with Gasteiger partial charge in [0.15, 0.2) is 0 Å². The molecule has 0 aliphatic carbocycles. The van der Waals surface area contributed by atoms with Gasteiger partial charge in [-0.3, -0.25) is 9.52 Å². The number of aryl methyl sites for hydroxylation is 1. The maximum Gasteiger partial charge on any atom is 0.265 e. The lowest BCUT2D eigenvalue weighted by molar-refractivity contribution is 0.0992. The topological polar surface area (TPSA) is 94.2 Å². The molecule has 0 radical (unpaired) electrons. The van der Waals surface area contributed by atoms with Crippen molar-refractivity contribution in [3.05, 3.63) is 46.2 Å². The van der Waals surface area contributed by atoms with Crippen molar-refractivity contribution in [1.29, 1.82) is 0 Å². The van der Waals surface area contributed by atoms with Gasteiger partial charge in [-0.2, -0.15) is 0 Å². The van der Waals surface area contributed by atoms with Crippen molar-refractivity contribution in [2.75, 3.05) is 4.72 Å². The largest absolute Gasteiger partial charge is 0.364 e. The number of hydrogen-bond donors (Lipinski definition) is 2. The number of aromatic nitrogens is 1. The van der Waals surface area contributed by atoms with Gasteiger partial charge in [0.2, 0.25) is 0 Å². The van der Waals surface area contributed by atoms with Crippen LogP contribution in [0.4, 0.5) is 5.69 Å². The first kappa shape index (κ1) is 15.7. The summed E-state index contributed by atoms with van der Waals surface area (Å²) in [4.78, 5) is 11.1. The van der Waals surface area contributed by atoms with E-state index in [4.69, 9.17) is 28.9 Å². The van der Waals surface area contributed by atoms with E-state index in [-0.39, 0.29) is 21.3 Å². The molecule has 0 bridgehead atoms. The van der Waals surface area contributed by atoms with E-state index in [0.29, 0.717) is 5.02 Å². The number of benzene rings is 1. The molecule has 0 saturated heterocycles. The number of hydrogen-bond acceptors (Lipinski definition) is 3. The number of carbonyl (C=O) groups excluding carboxylic acids is 1. The van der Waals surface area contributed by atoms with Crippen LogP contribution in [-0.2, 0) is 17.1 Å². The molecule has 1 aromatic carbocycles. The fourth-order valence-corrected chi connectivity index (χ4v) is 3.24. The molecule has 2 aromatic rings. The maximum absolute atomic E-state index is 12.3. The Balaban J connectivity index is 2.41. The minimum Gasteiger partial charge on any atom is -0.364 e. The van der Waals surface area contributed by atoms with Crippen molar-refractivity contribution in [3.8, 4) is 0 Å². The van der Waals surface area contributed by atoms with Crippen molar-refractivity contribution in [1.82, 2.24) is 4.57 Å². The average molecular weight is 348 g/mol. The molecule has 0 spiro atoms. The van der Waals surface area contributed by atoms with Crippen LogP contribution in [0.3, 0.4) is 0 Å². The molecule has 0 unspecified atom stereocenters. The molecule has 2 rings (SSSR count). The van der Waals surface area contributed by atoms with Gasteiger partial charge in [0.05, 0.1) is 10.7 Å². The van der Waals surface area contributed by atoms with Crippen LogP contribution in [-0.4, -0.2) is 18.9 Å². The minimum atomic E-state index is -3.91. The molecular formula is C12H11Cl2N3O3S. The van der Waals surface area contributed by atoms with Gasteiger partial charge >= 0.3 is 0 Å². The van der Waals surface area contributed by atoms with Crippen LogP contribution in [0.1, 0.15) is 10.5 Å². The normalized spacial score (nSPS) is 11.4. The van der Waals surface area contributed by atoms with Crippen LogP contribution in [0.2, 0.25) is 10.0 Å². The molecular weight excluding hydrogens is 337 g/mol. The van der Waals surface area contributed by atoms with Crippen LogP contribution in [0.15, 0.2) is 35.4 Å². The molecule has 1 heterocycles. The van der Waals surface area contributed by atoms with Gasteiger partial charge in [-0.1, -0.05) is 23.2 Å². The number of sulfonamides is 1. The van der Waals surface area contributed by atoms with Crippen LogP contribution < -0.4 is 10.5 Å². The second-order valence-corrected chi connectivity index (χ2v) is 6.79. The highest BCUT2D eigenvalue weighted by Gasteiger charge is 2.20. The second-order valence-electron chi connectivity index (χ2n) is 4.27. The number of nitrogens with two attached hydrogens (primary N) is 1. The van der Waals surface area contributed by atoms with Crippen LogP contribution >= 0.6 is 23.2 Å². The van der Waals surface area contributed by atoms with E-state index in [0.717, 1.165) is 0 Å². The Hall–Kier alpha value is -1.70. The van der Waals surface area contributed by atoms with E-state index in [1.807, 2.05) is 0 Å². The molecule has 0 saturated carbocycles. The maximum atomic E-state index is 12.3. The lowest BCUT2D eigenvalue weighted by Crippen LogP contribution is -2.14. The van der Waals surface area contributed by atoms with Crippen LogP contribution in [0, 0.1) is 0 Å². The number of nitrogens with one attached hydrogen (secondary N) is 1. The highest BCUT2D eigenvalue weighted by molar-refractivity contribution is 7.92. The summed E-state index contributed by atoms with van der Waals surface area (Å²) in [7, 11) is -2.39. The number of carbonyl (C=O) groups is 1. The zero-order valence-corrected chi connectivity index (χ0v) is 13.1. The van der Waals surface area contributed by atoms with Gasteiger partial charge in [0, 0.05) is 18.3 Å². The predicted molar refractivity (Wildman–Crippen MR) is 81.2 cm³/mol. The van der Waals surface area contributed by atoms with E-state index >= 15 is 0 Å². The smallest absolute Gasteiger partial charge is 0.265 e. The molecule has 9 heteroatoms. The minimum absolute atomic E-state index is 0.0765. The first-order valence-electron chi connectivity index (χ1n) is 5.65. The molecule has 1 aromatic heterocycles. The van der Waals surface area contributed by atoms with E-state index in [2.05, 4.69) is 4.72 Å². The highest BCUT2D eigenvalue weighted by Crippen LogP contribution is 2.28.